The van der Waals surface area contributed by atoms with Crippen LogP contribution < -0.4 is 9.47 Å². The van der Waals surface area contributed by atoms with E-state index >= 15 is 0 Å². The Labute approximate surface area is 144 Å². The lowest BCUT2D eigenvalue weighted by atomic mass is 9.79. The van der Waals surface area contributed by atoms with Crippen molar-refractivity contribution in [3.63, 3.8) is 0 Å². The van der Waals surface area contributed by atoms with Crippen LogP contribution in [0.5, 0.6) is 11.5 Å². The number of aromatic nitrogens is 1. The van der Waals surface area contributed by atoms with E-state index in [0.29, 0.717) is 12.9 Å². The number of methoxy groups -OCH3 is 1. The van der Waals surface area contributed by atoms with Crippen molar-refractivity contribution in [1.29, 1.82) is 0 Å². The molecule has 132 valence electrons. The average Bonchev–Trinajstić information content (AvgIpc) is 3.04. The van der Waals surface area contributed by atoms with E-state index in [9.17, 15) is 13.8 Å². The van der Waals surface area contributed by atoms with Gasteiger partial charge < -0.3 is 19.2 Å². The fraction of sp³-hybridized carbons (Fsp3) is 0.353. The fourth-order valence-electron chi connectivity index (χ4n) is 2.93. The van der Waals surface area contributed by atoms with Crippen molar-refractivity contribution in [2.45, 2.75) is 19.2 Å². The summed E-state index contributed by atoms with van der Waals surface area (Å²) in [6.07, 6.45) is 3.42. The molecule has 1 fully saturated rings. The lowest BCUT2D eigenvalue weighted by molar-refractivity contribution is 0.292. The second-order valence-electron chi connectivity index (χ2n) is 5.74. The molecular weight excluding hydrogens is 331 g/mol. The summed E-state index contributed by atoms with van der Waals surface area (Å²) < 4.78 is 44.8. The molecule has 1 aromatic carbocycles. The Kier molecular flexibility index (Phi) is 5.20. The molecule has 2 aromatic rings. The van der Waals surface area contributed by atoms with Crippen molar-refractivity contribution >= 4 is 7.12 Å². The van der Waals surface area contributed by atoms with E-state index in [1.807, 2.05) is 0 Å². The summed E-state index contributed by atoms with van der Waals surface area (Å²) in [5, 5.41) is 9.50. The van der Waals surface area contributed by atoms with Crippen LogP contribution in [0, 0.1) is 11.6 Å². The summed E-state index contributed by atoms with van der Waals surface area (Å²) in [7, 11) is 0.497. The summed E-state index contributed by atoms with van der Waals surface area (Å²) in [4.78, 5) is 4.09. The highest BCUT2D eigenvalue weighted by Crippen LogP contribution is 2.40. The van der Waals surface area contributed by atoms with Crippen molar-refractivity contribution in [2.75, 3.05) is 20.3 Å². The van der Waals surface area contributed by atoms with Crippen LogP contribution in [0.4, 0.5) is 8.78 Å². The van der Waals surface area contributed by atoms with Gasteiger partial charge in [0, 0.05) is 36.5 Å². The lowest BCUT2D eigenvalue weighted by Gasteiger charge is -2.15. The molecule has 0 bridgehead atoms. The molecule has 25 heavy (non-hydrogen) atoms. The van der Waals surface area contributed by atoms with E-state index in [2.05, 4.69) is 4.98 Å². The van der Waals surface area contributed by atoms with Gasteiger partial charge in [-0.15, -0.1) is 0 Å². The number of hydrogen-bond acceptors (Lipinski definition) is 5. The molecule has 1 saturated heterocycles. The average molecular weight is 349 g/mol. The molecule has 0 unspecified atom stereocenters. The van der Waals surface area contributed by atoms with Crippen molar-refractivity contribution in [1.82, 2.24) is 4.98 Å². The highest BCUT2D eigenvalue weighted by atomic mass is 19.1. The second kappa shape index (κ2) is 7.37. The first kappa shape index (κ1) is 17.6. The van der Waals surface area contributed by atoms with E-state index < -0.39 is 18.8 Å². The Bertz CT molecular complexity index is 775. The number of pyridine rings is 1. The predicted molar refractivity (Wildman–Crippen MR) is 88.8 cm³/mol. The predicted octanol–water partition coefficient (Wildman–Crippen LogP) is 3.03. The van der Waals surface area contributed by atoms with Gasteiger partial charge in [-0.3, -0.25) is 4.98 Å². The van der Waals surface area contributed by atoms with Gasteiger partial charge in [0.15, 0.2) is 17.3 Å². The normalized spacial score (nSPS) is 17.0. The Balaban J connectivity index is 2.05. The zero-order valence-electron chi connectivity index (χ0n) is 14.0. The first-order valence-electron chi connectivity index (χ1n) is 7.98. The maximum absolute atomic E-state index is 14.9. The zero-order valence-corrected chi connectivity index (χ0v) is 14.0. The summed E-state index contributed by atoms with van der Waals surface area (Å²) in [6, 6.07) is 2.75. The van der Waals surface area contributed by atoms with Gasteiger partial charge in [0.25, 0.3) is 0 Å². The SMILES string of the molecule is CCOc1c(OC)cc(F)c(-c2cncc([C@@H]3COB(O)C3)c2)c1F. The molecule has 5 nitrogen and oxygen atoms in total. The molecule has 0 saturated carbocycles. The van der Waals surface area contributed by atoms with Crippen molar-refractivity contribution in [3.05, 3.63) is 41.7 Å². The number of benzene rings is 1. The Morgan fingerprint density at radius 2 is 2.16 bits per heavy atom. The zero-order chi connectivity index (χ0) is 18.0. The Morgan fingerprint density at radius 3 is 2.80 bits per heavy atom. The van der Waals surface area contributed by atoms with Crippen molar-refractivity contribution < 1.29 is 27.9 Å². The van der Waals surface area contributed by atoms with Crippen LogP contribution >= 0.6 is 0 Å². The molecular formula is C17H18BF2NO4. The molecule has 0 amide bonds. The Hall–Kier alpha value is -2.19. The fourth-order valence-corrected chi connectivity index (χ4v) is 2.93. The molecule has 0 aliphatic carbocycles. The number of hydrogen-bond donors (Lipinski definition) is 1. The third-order valence-corrected chi connectivity index (χ3v) is 4.14. The summed E-state index contributed by atoms with van der Waals surface area (Å²) >= 11 is 0. The Morgan fingerprint density at radius 1 is 1.36 bits per heavy atom. The minimum Gasteiger partial charge on any atom is -0.493 e. The van der Waals surface area contributed by atoms with Gasteiger partial charge in [-0.25, -0.2) is 8.78 Å². The molecule has 8 heteroatoms. The summed E-state index contributed by atoms with van der Waals surface area (Å²) in [5.74, 6) is -1.80. The number of ether oxygens (including phenoxy) is 2. The highest BCUT2D eigenvalue weighted by molar-refractivity contribution is 6.43. The van der Waals surface area contributed by atoms with Crippen LogP contribution in [0.15, 0.2) is 24.5 Å². The third kappa shape index (κ3) is 3.45. The number of halogens is 2. The van der Waals surface area contributed by atoms with Crippen LogP contribution in [0.3, 0.4) is 0 Å². The number of rotatable bonds is 5. The third-order valence-electron chi connectivity index (χ3n) is 4.14. The van der Waals surface area contributed by atoms with E-state index in [1.54, 1.807) is 19.2 Å². The van der Waals surface area contributed by atoms with Gasteiger partial charge in [0.05, 0.1) is 19.3 Å². The van der Waals surface area contributed by atoms with Gasteiger partial charge in [0.1, 0.15) is 5.82 Å². The maximum atomic E-state index is 14.9. The topological polar surface area (TPSA) is 60.8 Å². The molecule has 1 aliphatic rings. The molecule has 1 atom stereocenters. The lowest BCUT2D eigenvalue weighted by Crippen LogP contribution is -2.07. The van der Waals surface area contributed by atoms with E-state index in [-0.39, 0.29) is 35.2 Å². The van der Waals surface area contributed by atoms with Crippen LogP contribution in [-0.2, 0) is 4.65 Å². The van der Waals surface area contributed by atoms with Crippen molar-refractivity contribution in [3.8, 4) is 22.6 Å². The van der Waals surface area contributed by atoms with Gasteiger partial charge in [-0.2, -0.15) is 0 Å². The number of nitrogens with zero attached hydrogens (tertiary/aromatic N) is 1. The summed E-state index contributed by atoms with van der Waals surface area (Å²) in [5.41, 5.74) is 0.817. The molecule has 3 rings (SSSR count). The first-order chi connectivity index (χ1) is 12.0. The largest absolute Gasteiger partial charge is 0.493 e. The molecule has 2 heterocycles. The van der Waals surface area contributed by atoms with E-state index in [4.69, 9.17) is 14.1 Å². The van der Waals surface area contributed by atoms with Crippen LogP contribution in [0.2, 0.25) is 6.32 Å². The van der Waals surface area contributed by atoms with Gasteiger partial charge in [-0.1, -0.05) is 0 Å². The minimum atomic E-state index is -0.833. The van der Waals surface area contributed by atoms with Gasteiger partial charge in [0.2, 0.25) is 0 Å². The molecule has 1 aromatic heterocycles. The van der Waals surface area contributed by atoms with Crippen LogP contribution in [-0.4, -0.2) is 37.4 Å². The van der Waals surface area contributed by atoms with Gasteiger partial charge >= 0.3 is 7.12 Å². The van der Waals surface area contributed by atoms with Gasteiger partial charge in [-0.05, 0) is 24.9 Å². The molecule has 0 spiro atoms. The van der Waals surface area contributed by atoms with E-state index in [1.165, 1.54) is 13.3 Å². The molecule has 1 aliphatic heterocycles. The summed E-state index contributed by atoms with van der Waals surface area (Å²) in [6.45, 7) is 2.26. The van der Waals surface area contributed by atoms with Crippen LogP contribution in [0.1, 0.15) is 18.4 Å². The molecule has 1 N–H and O–H groups in total. The first-order valence-corrected chi connectivity index (χ1v) is 7.98. The smallest absolute Gasteiger partial charge is 0.454 e. The monoisotopic (exact) mass is 349 g/mol. The quantitative estimate of drug-likeness (QED) is 0.841. The van der Waals surface area contributed by atoms with Crippen LogP contribution in [0.25, 0.3) is 11.1 Å². The second-order valence-corrected chi connectivity index (χ2v) is 5.74. The maximum Gasteiger partial charge on any atom is 0.454 e. The highest BCUT2D eigenvalue weighted by Gasteiger charge is 2.30. The molecule has 0 radical (unpaired) electrons. The van der Waals surface area contributed by atoms with E-state index in [0.717, 1.165) is 11.6 Å². The standard InChI is InChI=1S/C17H18BF2NO4/c1-3-24-17-14(23-2)5-13(19)15(16(17)20)11-4-10(7-21-8-11)12-6-18(22)25-9-12/h4-5,7-8,12,22H,3,6,9H2,1-2H3/t12-/m0/s1. The minimum absolute atomic E-state index is 0.00275. The van der Waals surface area contributed by atoms with Crippen molar-refractivity contribution in [2.24, 2.45) is 0 Å².